The molecule has 0 saturated heterocycles. The first kappa shape index (κ1) is 13.6. The molecule has 100 valence electrons. The van der Waals surface area contributed by atoms with Crippen molar-refractivity contribution in [1.82, 2.24) is 10.3 Å². The lowest BCUT2D eigenvalue weighted by atomic mass is 10.1. The summed E-state index contributed by atoms with van der Waals surface area (Å²) in [6.07, 6.45) is 0.872. The molecule has 1 aromatic carbocycles. The van der Waals surface area contributed by atoms with Gasteiger partial charge in [-0.15, -0.1) is 11.3 Å². The van der Waals surface area contributed by atoms with E-state index in [1.807, 2.05) is 17.0 Å². The Morgan fingerprint density at radius 1 is 1.47 bits per heavy atom. The fraction of sp³-hybridized carbons (Fsp3) is 0.308. The predicted octanol–water partition coefficient (Wildman–Crippen LogP) is 2.69. The zero-order valence-electron chi connectivity index (χ0n) is 10.6. The lowest BCUT2D eigenvalue weighted by Crippen LogP contribution is -2.16. The smallest absolute Gasteiger partial charge is 0.272 e. The third-order valence-corrected chi connectivity index (χ3v) is 3.48. The standard InChI is InChI=1S/C13H15N3O2S/c1-10-2-3-11(6-13(10)16(17)18)7-14-5-4-12-8-19-9-15-12/h2-3,6,8-9,14H,4-5,7H2,1H3. The summed E-state index contributed by atoms with van der Waals surface area (Å²) in [7, 11) is 0. The summed E-state index contributed by atoms with van der Waals surface area (Å²) < 4.78 is 0. The van der Waals surface area contributed by atoms with Crippen molar-refractivity contribution in [1.29, 1.82) is 0 Å². The van der Waals surface area contributed by atoms with Crippen LogP contribution in [0.3, 0.4) is 0 Å². The van der Waals surface area contributed by atoms with Crippen LogP contribution in [0.15, 0.2) is 29.1 Å². The Morgan fingerprint density at radius 2 is 2.32 bits per heavy atom. The first-order valence-corrected chi connectivity index (χ1v) is 6.93. The van der Waals surface area contributed by atoms with Crippen molar-refractivity contribution in [3.63, 3.8) is 0 Å². The van der Waals surface area contributed by atoms with Crippen LogP contribution in [-0.2, 0) is 13.0 Å². The van der Waals surface area contributed by atoms with E-state index in [9.17, 15) is 10.1 Å². The average Bonchev–Trinajstić information content (AvgIpc) is 2.89. The van der Waals surface area contributed by atoms with Crippen molar-refractivity contribution in [3.05, 3.63) is 56.0 Å². The van der Waals surface area contributed by atoms with Crippen LogP contribution in [0.5, 0.6) is 0 Å². The van der Waals surface area contributed by atoms with Crippen LogP contribution in [0, 0.1) is 17.0 Å². The molecule has 0 bridgehead atoms. The highest BCUT2D eigenvalue weighted by Crippen LogP contribution is 2.19. The van der Waals surface area contributed by atoms with Crippen molar-refractivity contribution in [2.75, 3.05) is 6.54 Å². The van der Waals surface area contributed by atoms with Gasteiger partial charge in [0, 0.05) is 36.5 Å². The van der Waals surface area contributed by atoms with E-state index >= 15 is 0 Å². The molecule has 2 rings (SSSR count). The molecule has 0 saturated carbocycles. The van der Waals surface area contributed by atoms with Gasteiger partial charge in [-0.2, -0.15) is 0 Å². The molecule has 1 aromatic heterocycles. The van der Waals surface area contributed by atoms with E-state index in [1.165, 1.54) is 0 Å². The second-order valence-electron chi connectivity index (χ2n) is 4.28. The molecule has 0 atom stereocenters. The van der Waals surface area contributed by atoms with Crippen LogP contribution < -0.4 is 5.32 Å². The van der Waals surface area contributed by atoms with Crippen LogP contribution in [-0.4, -0.2) is 16.5 Å². The minimum atomic E-state index is -0.339. The molecule has 5 nitrogen and oxygen atoms in total. The van der Waals surface area contributed by atoms with Gasteiger partial charge in [-0.3, -0.25) is 10.1 Å². The summed E-state index contributed by atoms with van der Waals surface area (Å²) >= 11 is 1.59. The average molecular weight is 277 g/mol. The van der Waals surface area contributed by atoms with E-state index in [2.05, 4.69) is 10.3 Å². The fourth-order valence-corrected chi connectivity index (χ4v) is 2.36. The Balaban J connectivity index is 1.86. The Hall–Kier alpha value is -1.79. The van der Waals surface area contributed by atoms with Gasteiger partial charge in [0.2, 0.25) is 0 Å². The van der Waals surface area contributed by atoms with Gasteiger partial charge < -0.3 is 5.32 Å². The number of nitro groups is 1. The number of rotatable bonds is 6. The molecule has 0 amide bonds. The molecule has 0 aliphatic rings. The maximum atomic E-state index is 10.8. The Bertz CT molecular complexity index is 555. The third kappa shape index (κ3) is 3.84. The molecule has 1 N–H and O–H groups in total. The Kier molecular flexibility index (Phi) is 4.59. The van der Waals surface area contributed by atoms with Gasteiger partial charge in [0.1, 0.15) is 0 Å². The van der Waals surface area contributed by atoms with Gasteiger partial charge >= 0.3 is 0 Å². The molecule has 2 aromatic rings. The van der Waals surface area contributed by atoms with Gasteiger partial charge in [0.05, 0.1) is 16.1 Å². The van der Waals surface area contributed by atoms with Gasteiger partial charge in [0.15, 0.2) is 0 Å². The van der Waals surface area contributed by atoms with Crippen molar-refractivity contribution >= 4 is 17.0 Å². The number of aryl methyl sites for hydroxylation is 1. The fourth-order valence-electron chi connectivity index (χ4n) is 1.77. The first-order valence-electron chi connectivity index (χ1n) is 5.98. The molecule has 0 aliphatic carbocycles. The zero-order chi connectivity index (χ0) is 13.7. The summed E-state index contributed by atoms with van der Waals surface area (Å²) in [6.45, 7) is 3.19. The van der Waals surface area contributed by atoms with Crippen molar-refractivity contribution in [2.45, 2.75) is 19.9 Å². The molecule has 0 fully saturated rings. The molecule has 6 heteroatoms. The monoisotopic (exact) mass is 277 g/mol. The number of aromatic nitrogens is 1. The van der Waals surface area contributed by atoms with Gasteiger partial charge in [-0.1, -0.05) is 12.1 Å². The normalized spacial score (nSPS) is 10.6. The number of hydrogen-bond acceptors (Lipinski definition) is 5. The van der Waals surface area contributed by atoms with E-state index in [-0.39, 0.29) is 10.6 Å². The first-order chi connectivity index (χ1) is 9.16. The molecule has 0 radical (unpaired) electrons. The van der Waals surface area contributed by atoms with E-state index < -0.39 is 0 Å². The topological polar surface area (TPSA) is 68.1 Å². The van der Waals surface area contributed by atoms with Crippen molar-refractivity contribution in [3.8, 4) is 0 Å². The van der Waals surface area contributed by atoms with Crippen LogP contribution in [0.25, 0.3) is 0 Å². The van der Waals surface area contributed by atoms with E-state index in [1.54, 1.807) is 30.4 Å². The SMILES string of the molecule is Cc1ccc(CNCCc2cscn2)cc1[N+](=O)[O-]. The maximum absolute atomic E-state index is 10.8. The Labute approximate surface area is 115 Å². The quantitative estimate of drug-likeness (QED) is 0.501. The summed E-state index contributed by atoms with van der Waals surface area (Å²) in [5, 5.41) is 16.1. The zero-order valence-corrected chi connectivity index (χ0v) is 11.4. The molecule has 1 heterocycles. The van der Waals surface area contributed by atoms with E-state index in [4.69, 9.17) is 0 Å². The molecule has 0 aliphatic heterocycles. The minimum Gasteiger partial charge on any atom is -0.312 e. The summed E-state index contributed by atoms with van der Waals surface area (Å²) in [5.74, 6) is 0. The number of thiazole rings is 1. The summed E-state index contributed by atoms with van der Waals surface area (Å²) in [6, 6.07) is 5.33. The predicted molar refractivity (Wildman–Crippen MR) is 75.4 cm³/mol. The maximum Gasteiger partial charge on any atom is 0.272 e. The van der Waals surface area contributed by atoms with Crippen LogP contribution >= 0.6 is 11.3 Å². The number of benzene rings is 1. The van der Waals surface area contributed by atoms with Gasteiger partial charge in [0.25, 0.3) is 5.69 Å². The highest BCUT2D eigenvalue weighted by Gasteiger charge is 2.10. The number of nitrogens with zero attached hydrogens (tertiary/aromatic N) is 2. The third-order valence-electron chi connectivity index (χ3n) is 2.84. The van der Waals surface area contributed by atoms with Gasteiger partial charge in [-0.25, -0.2) is 4.98 Å². The number of nitro benzene ring substituents is 1. The second kappa shape index (κ2) is 6.40. The Morgan fingerprint density at radius 3 is 3.00 bits per heavy atom. The summed E-state index contributed by atoms with van der Waals surface area (Å²) in [4.78, 5) is 14.7. The molecular formula is C13H15N3O2S. The molecule has 19 heavy (non-hydrogen) atoms. The van der Waals surface area contributed by atoms with E-state index in [0.717, 1.165) is 24.2 Å². The number of hydrogen-bond donors (Lipinski definition) is 1. The largest absolute Gasteiger partial charge is 0.312 e. The van der Waals surface area contributed by atoms with Crippen LogP contribution in [0.1, 0.15) is 16.8 Å². The van der Waals surface area contributed by atoms with Gasteiger partial charge in [-0.05, 0) is 12.5 Å². The number of nitrogens with one attached hydrogen (secondary N) is 1. The lowest BCUT2D eigenvalue weighted by molar-refractivity contribution is -0.385. The van der Waals surface area contributed by atoms with Crippen LogP contribution in [0.4, 0.5) is 5.69 Å². The molecular weight excluding hydrogens is 262 g/mol. The highest BCUT2D eigenvalue weighted by atomic mass is 32.1. The molecule has 0 unspecified atom stereocenters. The lowest BCUT2D eigenvalue weighted by Gasteiger charge is -2.05. The second-order valence-corrected chi connectivity index (χ2v) is 5.00. The highest BCUT2D eigenvalue weighted by molar-refractivity contribution is 7.07. The summed E-state index contributed by atoms with van der Waals surface area (Å²) in [5.41, 5.74) is 4.69. The molecule has 0 spiro atoms. The van der Waals surface area contributed by atoms with Crippen LogP contribution in [0.2, 0.25) is 0 Å². The van der Waals surface area contributed by atoms with Crippen molar-refractivity contribution < 1.29 is 4.92 Å². The van der Waals surface area contributed by atoms with Crippen molar-refractivity contribution in [2.24, 2.45) is 0 Å². The van der Waals surface area contributed by atoms with E-state index in [0.29, 0.717) is 12.1 Å². The minimum absolute atomic E-state index is 0.179.